The molecule has 0 bridgehead atoms. The lowest BCUT2D eigenvalue weighted by molar-refractivity contribution is 0.340. The molecule has 0 aromatic heterocycles. The second-order valence-corrected chi connectivity index (χ2v) is 11.0. The first-order valence-corrected chi connectivity index (χ1v) is 13.8. The minimum Gasteiger partial charge on any atom is -0.494 e. The molecule has 182 valence electrons. The van der Waals surface area contributed by atoms with Crippen molar-refractivity contribution in [1.82, 2.24) is 0 Å². The summed E-state index contributed by atoms with van der Waals surface area (Å²) in [6, 6.07) is 27.3. The summed E-state index contributed by atoms with van der Waals surface area (Å²) in [4.78, 5) is 0.273. The predicted octanol–water partition coefficient (Wildman–Crippen LogP) is 6.87. The van der Waals surface area contributed by atoms with Gasteiger partial charge in [0.15, 0.2) is 0 Å². The molecular weight excluding hydrogens is 468 g/mol. The molecule has 5 nitrogen and oxygen atoms in total. The molecule has 2 unspecified atom stereocenters. The van der Waals surface area contributed by atoms with Crippen molar-refractivity contribution in [2.24, 2.45) is 5.92 Å². The molecule has 36 heavy (non-hydrogen) atoms. The minimum absolute atomic E-state index is 0.143. The van der Waals surface area contributed by atoms with Gasteiger partial charge in [-0.15, -0.1) is 0 Å². The van der Waals surface area contributed by atoms with Gasteiger partial charge in [0.1, 0.15) is 5.75 Å². The van der Waals surface area contributed by atoms with Crippen LogP contribution in [0.25, 0.3) is 10.8 Å². The Morgan fingerprint density at radius 1 is 0.972 bits per heavy atom. The maximum Gasteiger partial charge on any atom is 0.261 e. The topological polar surface area (TPSA) is 67.4 Å². The first-order chi connectivity index (χ1) is 17.5. The number of hydrogen-bond donors (Lipinski definition) is 2. The third-order valence-corrected chi connectivity index (χ3v) is 8.59. The molecule has 1 aliphatic carbocycles. The van der Waals surface area contributed by atoms with Crippen molar-refractivity contribution in [1.29, 1.82) is 0 Å². The molecule has 0 spiro atoms. The molecule has 6 rings (SSSR count). The highest BCUT2D eigenvalue weighted by molar-refractivity contribution is 7.92. The van der Waals surface area contributed by atoms with E-state index in [4.69, 9.17) is 4.74 Å². The lowest BCUT2D eigenvalue weighted by Gasteiger charge is -2.37. The molecule has 0 saturated carbocycles. The first kappa shape index (κ1) is 22.7. The van der Waals surface area contributed by atoms with Crippen LogP contribution < -0.4 is 14.8 Å². The van der Waals surface area contributed by atoms with Crippen LogP contribution in [0.2, 0.25) is 0 Å². The van der Waals surface area contributed by atoms with Crippen LogP contribution in [0, 0.1) is 5.92 Å². The third kappa shape index (κ3) is 4.01. The second-order valence-electron chi connectivity index (χ2n) is 9.36. The van der Waals surface area contributed by atoms with Crippen molar-refractivity contribution in [2.45, 2.75) is 30.2 Å². The zero-order chi connectivity index (χ0) is 24.7. The molecule has 4 aromatic carbocycles. The minimum atomic E-state index is -3.76. The van der Waals surface area contributed by atoms with E-state index in [1.807, 2.05) is 67.6 Å². The fraction of sp³-hybridized carbons (Fsp3) is 0.200. The van der Waals surface area contributed by atoms with Crippen LogP contribution in [0.5, 0.6) is 5.75 Å². The Kier molecular flexibility index (Phi) is 5.69. The van der Waals surface area contributed by atoms with Crippen molar-refractivity contribution in [3.05, 3.63) is 108 Å². The number of rotatable bonds is 6. The molecule has 2 N–H and O–H groups in total. The number of ether oxygens (including phenoxy) is 1. The summed E-state index contributed by atoms with van der Waals surface area (Å²) in [6.45, 7) is 2.62. The quantitative estimate of drug-likeness (QED) is 0.286. The van der Waals surface area contributed by atoms with Crippen molar-refractivity contribution in [3.63, 3.8) is 0 Å². The Balaban J connectivity index is 1.32. The molecule has 0 fully saturated rings. The SMILES string of the molecule is CCOc1ccc([C@@H]2Nc3ccc(S(=O)(=O)Nc4cccc5ccccc45)cc3C3C=CCC32)cc1. The summed E-state index contributed by atoms with van der Waals surface area (Å²) in [5.74, 6) is 1.34. The maximum atomic E-state index is 13.4. The van der Waals surface area contributed by atoms with Gasteiger partial charge in [-0.2, -0.15) is 0 Å². The van der Waals surface area contributed by atoms with Gasteiger partial charge in [0.05, 0.1) is 23.2 Å². The van der Waals surface area contributed by atoms with Crippen LogP contribution in [0.1, 0.15) is 36.4 Å². The molecular formula is C30H28N2O3S. The van der Waals surface area contributed by atoms with Crippen molar-refractivity contribution in [3.8, 4) is 5.75 Å². The number of hydrogen-bond acceptors (Lipinski definition) is 4. The van der Waals surface area contributed by atoms with E-state index in [0.29, 0.717) is 18.2 Å². The van der Waals surface area contributed by atoms with Crippen LogP contribution in [0.3, 0.4) is 0 Å². The van der Waals surface area contributed by atoms with Gasteiger partial charge >= 0.3 is 0 Å². The smallest absolute Gasteiger partial charge is 0.261 e. The zero-order valence-electron chi connectivity index (χ0n) is 20.0. The van der Waals surface area contributed by atoms with Crippen LogP contribution in [-0.4, -0.2) is 15.0 Å². The average Bonchev–Trinajstić information content (AvgIpc) is 3.39. The van der Waals surface area contributed by atoms with Gasteiger partial charge in [0.25, 0.3) is 10.0 Å². The molecule has 4 aromatic rings. The molecule has 0 amide bonds. The number of anilines is 2. The highest BCUT2D eigenvalue weighted by Gasteiger charge is 2.38. The van der Waals surface area contributed by atoms with E-state index in [9.17, 15) is 8.42 Å². The lowest BCUT2D eigenvalue weighted by atomic mass is 9.77. The molecule has 2 aliphatic rings. The Morgan fingerprint density at radius 2 is 1.78 bits per heavy atom. The van der Waals surface area contributed by atoms with Gasteiger partial charge in [-0.3, -0.25) is 4.72 Å². The van der Waals surface area contributed by atoms with Crippen molar-refractivity contribution < 1.29 is 13.2 Å². The fourth-order valence-electron chi connectivity index (χ4n) is 5.53. The van der Waals surface area contributed by atoms with Crippen LogP contribution in [0.15, 0.2) is 102 Å². The van der Waals surface area contributed by atoms with E-state index in [2.05, 4.69) is 34.3 Å². The summed E-state index contributed by atoms with van der Waals surface area (Å²) in [6.07, 6.45) is 5.38. The highest BCUT2D eigenvalue weighted by atomic mass is 32.2. The molecule has 0 saturated heterocycles. The van der Waals surface area contributed by atoms with E-state index in [1.165, 1.54) is 5.56 Å². The largest absolute Gasteiger partial charge is 0.494 e. The monoisotopic (exact) mass is 496 g/mol. The fourth-order valence-corrected chi connectivity index (χ4v) is 6.64. The van der Waals surface area contributed by atoms with Crippen molar-refractivity contribution >= 4 is 32.2 Å². The lowest BCUT2D eigenvalue weighted by Crippen LogP contribution is -2.29. The summed E-state index contributed by atoms with van der Waals surface area (Å²) in [7, 11) is -3.76. The number of sulfonamides is 1. The van der Waals surface area contributed by atoms with Gasteiger partial charge in [-0.1, -0.05) is 60.7 Å². The number of benzene rings is 4. The van der Waals surface area contributed by atoms with E-state index >= 15 is 0 Å². The van der Waals surface area contributed by atoms with E-state index in [1.54, 1.807) is 12.1 Å². The van der Waals surface area contributed by atoms with Crippen LogP contribution >= 0.6 is 0 Å². The molecule has 3 atom stereocenters. The Bertz CT molecular complexity index is 1560. The molecule has 1 heterocycles. The third-order valence-electron chi connectivity index (χ3n) is 7.23. The summed E-state index contributed by atoms with van der Waals surface area (Å²) < 4.78 is 35.3. The van der Waals surface area contributed by atoms with Gasteiger partial charge in [0.2, 0.25) is 0 Å². The summed E-state index contributed by atoms with van der Waals surface area (Å²) in [5, 5.41) is 5.56. The predicted molar refractivity (Wildman–Crippen MR) is 145 cm³/mol. The summed E-state index contributed by atoms with van der Waals surface area (Å²) >= 11 is 0. The maximum absolute atomic E-state index is 13.4. The van der Waals surface area contributed by atoms with E-state index < -0.39 is 10.0 Å². The van der Waals surface area contributed by atoms with Gasteiger partial charge in [0, 0.05) is 17.0 Å². The number of nitrogens with one attached hydrogen (secondary N) is 2. The Hall–Kier alpha value is -3.77. The van der Waals surface area contributed by atoms with Crippen LogP contribution in [-0.2, 0) is 10.0 Å². The standard InChI is InChI=1S/C30H28N2O3S/c1-2-35-22-15-13-21(14-16-22)30-26-11-6-10-25(26)27-19-23(17-18-28(27)31-30)36(33,34)32-29-12-5-8-20-7-3-4-9-24(20)29/h3-10,12-19,25-26,30-32H,2,11H2,1H3/t25?,26?,30-/m0/s1. The molecule has 6 heteroatoms. The van der Waals surface area contributed by atoms with E-state index in [0.717, 1.165) is 34.2 Å². The average molecular weight is 497 g/mol. The first-order valence-electron chi connectivity index (χ1n) is 12.3. The van der Waals surface area contributed by atoms with E-state index in [-0.39, 0.29) is 16.9 Å². The zero-order valence-corrected chi connectivity index (χ0v) is 20.8. The normalized spacial score (nSPS) is 20.4. The highest BCUT2D eigenvalue weighted by Crippen LogP contribution is 2.50. The number of fused-ring (bicyclic) bond motifs is 4. The van der Waals surface area contributed by atoms with Crippen LogP contribution in [0.4, 0.5) is 11.4 Å². The second kappa shape index (κ2) is 9.03. The van der Waals surface area contributed by atoms with Gasteiger partial charge in [-0.05, 0) is 72.2 Å². The Morgan fingerprint density at radius 3 is 2.61 bits per heavy atom. The Labute approximate surface area is 211 Å². The number of allylic oxidation sites excluding steroid dienone is 2. The van der Waals surface area contributed by atoms with Gasteiger partial charge in [-0.25, -0.2) is 8.42 Å². The van der Waals surface area contributed by atoms with Crippen molar-refractivity contribution in [2.75, 3.05) is 16.6 Å². The van der Waals surface area contributed by atoms with Gasteiger partial charge < -0.3 is 10.1 Å². The molecule has 1 aliphatic heterocycles. The summed E-state index contributed by atoms with van der Waals surface area (Å²) in [5.41, 5.74) is 3.79. The molecule has 0 radical (unpaired) electrons.